The molecule has 0 bridgehead atoms. The third-order valence-corrected chi connectivity index (χ3v) is 3.08. The molecule has 1 aromatic carbocycles. The van der Waals surface area contributed by atoms with Gasteiger partial charge in [-0.1, -0.05) is 5.16 Å². The van der Waals surface area contributed by atoms with Gasteiger partial charge in [-0.05, 0) is 30.5 Å². The maximum absolute atomic E-state index is 13.8. The standard InChI is InChI=1S/C14H14F2N2O2/c15-12-5-9(7-17-10-1-2-10)6-13(16)14(12)19-8-11-3-4-18-20-11/h3-6,10,17H,1-2,7-8H2. The summed E-state index contributed by atoms with van der Waals surface area (Å²) < 4.78 is 37.6. The Kier molecular flexibility index (Phi) is 3.64. The van der Waals surface area contributed by atoms with Crippen molar-refractivity contribution in [2.24, 2.45) is 0 Å². The first kappa shape index (κ1) is 13.1. The Morgan fingerprint density at radius 1 is 1.30 bits per heavy atom. The largest absolute Gasteiger partial charge is 0.479 e. The minimum absolute atomic E-state index is 0.0620. The van der Waals surface area contributed by atoms with E-state index in [2.05, 4.69) is 10.5 Å². The first-order chi connectivity index (χ1) is 9.72. The van der Waals surface area contributed by atoms with Gasteiger partial charge in [0.05, 0.1) is 6.20 Å². The average Bonchev–Trinajstić information content (AvgIpc) is 3.10. The van der Waals surface area contributed by atoms with Gasteiger partial charge in [0.1, 0.15) is 6.61 Å². The maximum Gasteiger partial charge on any atom is 0.191 e. The van der Waals surface area contributed by atoms with E-state index in [1.165, 1.54) is 18.3 Å². The second-order valence-corrected chi connectivity index (χ2v) is 4.81. The number of aromatic nitrogens is 1. The Morgan fingerprint density at radius 2 is 2.05 bits per heavy atom. The summed E-state index contributed by atoms with van der Waals surface area (Å²) in [5, 5.41) is 6.69. The van der Waals surface area contributed by atoms with E-state index in [1.54, 1.807) is 6.07 Å². The van der Waals surface area contributed by atoms with Crippen LogP contribution in [0.4, 0.5) is 8.78 Å². The summed E-state index contributed by atoms with van der Waals surface area (Å²) in [7, 11) is 0. The van der Waals surface area contributed by atoms with Gasteiger partial charge in [0.25, 0.3) is 0 Å². The van der Waals surface area contributed by atoms with Crippen molar-refractivity contribution in [2.75, 3.05) is 0 Å². The molecule has 0 spiro atoms. The molecule has 4 nitrogen and oxygen atoms in total. The van der Waals surface area contributed by atoms with Gasteiger partial charge in [0.15, 0.2) is 23.1 Å². The number of nitrogens with one attached hydrogen (secondary N) is 1. The molecule has 2 aromatic rings. The zero-order chi connectivity index (χ0) is 13.9. The lowest BCUT2D eigenvalue weighted by Gasteiger charge is -2.09. The highest BCUT2D eigenvalue weighted by Gasteiger charge is 2.21. The molecule has 1 aromatic heterocycles. The van der Waals surface area contributed by atoms with E-state index in [9.17, 15) is 8.78 Å². The first-order valence-corrected chi connectivity index (χ1v) is 6.46. The summed E-state index contributed by atoms with van der Waals surface area (Å²) in [6, 6.07) is 4.63. The third kappa shape index (κ3) is 3.14. The van der Waals surface area contributed by atoms with Crippen LogP contribution in [0.25, 0.3) is 0 Å². The lowest BCUT2D eigenvalue weighted by Crippen LogP contribution is -2.15. The van der Waals surface area contributed by atoms with Crippen molar-refractivity contribution >= 4 is 0 Å². The Balaban J connectivity index is 1.67. The van der Waals surface area contributed by atoms with Crippen molar-refractivity contribution in [3.63, 3.8) is 0 Å². The van der Waals surface area contributed by atoms with Gasteiger partial charge in [0, 0.05) is 18.7 Å². The van der Waals surface area contributed by atoms with Gasteiger partial charge in [-0.2, -0.15) is 0 Å². The molecule has 0 radical (unpaired) electrons. The fourth-order valence-corrected chi connectivity index (χ4v) is 1.86. The van der Waals surface area contributed by atoms with Crippen LogP contribution in [-0.4, -0.2) is 11.2 Å². The average molecular weight is 280 g/mol. The normalized spacial score (nSPS) is 14.5. The fraction of sp³-hybridized carbons (Fsp3) is 0.357. The number of ether oxygens (including phenoxy) is 1. The van der Waals surface area contributed by atoms with E-state index in [0.29, 0.717) is 23.9 Å². The van der Waals surface area contributed by atoms with Crippen molar-refractivity contribution in [3.05, 3.63) is 47.4 Å². The summed E-state index contributed by atoms with van der Waals surface area (Å²) in [4.78, 5) is 0. The van der Waals surface area contributed by atoms with Crippen LogP contribution in [0.15, 0.2) is 28.9 Å². The molecule has 20 heavy (non-hydrogen) atoms. The summed E-state index contributed by atoms with van der Waals surface area (Å²) in [6.07, 6.45) is 3.70. The summed E-state index contributed by atoms with van der Waals surface area (Å²) in [5.41, 5.74) is 0.568. The third-order valence-electron chi connectivity index (χ3n) is 3.08. The van der Waals surface area contributed by atoms with Crippen LogP contribution in [0.1, 0.15) is 24.2 Å². The molecule has 1 aliphatic rings. The number of nitrogens with zero attached hydrogens (tertiary/aromatic N) is 1. The zero-order valence-corrected chi connectivity index (χ0v) is 10.7. The van der Waals surface area contributed by atoms with Gasteiger partial charge in [0.2, 0.25) is 0 Å². The SMILES string of the molecule is Fc1cc(CNC2CC2)cc(F)c1OCc1ccno1. The summed E-state index contributed by atoms with van der Waals surface area (Å²) in [5.74, 6) is -1.41. The highest BCUT2D eigenvalue weighted by molar-refractivity contribution is 5.31. The molecule has 0 aliphatic heterocycles. The molecule has 0 unspecified atom stereocenters. The molecule has 1 saturated carbocycles. The van der Waals surface area contributed by atoms with E-state index in [0.717, 1.165) is 12.8 Å². The van der Waals surface area contributed by atoms with Gasteiger partial charge < -0.3 is 14.6 Å². The molecule has 1 fully saturated rings. The van der Waals surface area contributed by atoms with Gasteiger partial charge in [-0.25, -0.2) is 8.78 Å². The smallest absolute Gasteiger partial charge is 0.191 e. The van der Waals surface area contributed by atoms with Crippen molar-refractivity contribution < 1.29 is 18.0 Å². The molecular weight excluding hydrogens is 266 g/mol. The molecule has 6 heteroatoms. The van der Waals surface area contributed by atoms with E-state index >= 15 is 0 Å². The van der Waals surface area contributed by atoms with Crippen molar-refractivity contribution in [1.29, 1.82) is 0 Å². The van der Waals surface area contributed by atoms with Crippen molar-refractivity contribution in [2.45, 2.75) is 32.0 Å². The van der Waals surface area contributed by atoms with Crippen LogP contribution >= 0.6 is 0 Å². The number of hydrogen-bond acceptors (Lipinski definition) is 4. The molecule has 0 atom stereocenters. The molecule has 0 saturated heterocycles. The Hall–Kier alpha value is -1.95. The van der Waals surface area contributed by atoms with Gasteiger partial charge in [-0.15, -0.1) is 0 Å². The van der Waals surface area contributed by atoms with Crippen LogP contribution in [0, 0.1) is 11.6 Å². The Bertz CT molecular complexity index is 560. The maximum atomic E-state index is 13.8. The number of hydrogen-bond donors (Lipinski definition) is 1. The Morgan fingerprint density at radius 3 is 2.65 bits per heavy atom. The molecule has 106 valence electrons. The Labute approximate surface area is 114 Å². The molecule has 0 amide bonds. The highest BCUT2D eigenvalue weighted by atomic mass is 19.1. The van der Waals surface area contributed by atoms with Gasteiger partial charge >= 0.3 is 0 Å². The number of benzene rings is 1. The highest BCUT2D eigenvalue weighted by Crippen LogP contribution is 2.25. The van der Waals surface area contributed by atoms with E-state index < -0.39 is 17.4 Å². The lowest BCUT2D eigenvalue weighted by atomic mass is 10.2. The number of halogens is 2. The predicted molar refractivity (Wildman–Crippen MR) is 67.1 cm³/mol. The molecular formula is C14H14F2N2O2. The summed E-state index contributed by atoms with van der Waals surface area (Å²) >= 11 is 0. The second kappa shape index (κ2) is 5.58. The minimum atomic E-state index is -0.711. The van der Waals surface area contributed by atoms with E-state index in [4.69, 9.17) is 9.26 Å². The van der Waals surface area contributed by atoms with E-state index in [1.807, 2.05) is 0 Å². The molecule has 1 aliphatic carbocycles. The minimum Gasteiger partial charge on any atom is -0.479 e. The zero-order valence-electron chi connectivity index (χ0n) is 10.7. The number of rotatable bonds is 6. The molecule has 1 heterocycles. The molecule has 1 N–H and O–H groups in total. The molecule has 3 rings (SSSR count). The second-order valence-electron chi connectivity index (χ2n) is 4.81. The first-order valence-electron chi connectivity index (χ1n) is 6.46. The quantitative estimate of drug-likeness (QED) is 0.884. The van der Waals surface area contributed by atoms with Crippen molar-refractivity contribution in [1.82, 2.24) is 10.5 Å². The van der Waals surface area contributed by atoms with Crippen LogP contribution < -0.4 is 10.1 Å². The van der Waals surface area contributed by atoms with Crippen LogP contribution in [0.2, 0.25) is 0 Å². The monoisotopic (exact) mass is 280 g/mol. The fourth-order valence-electron chi connectivity index (χ4n) is 1.86. The van der Waals surface area contributed by atoms with Crippen LogP contribution in [-0.2, 0) is 13.2 Å². The van der Waals surface area contributed by atoms with Gasteiger partial charge in [-0.3, -0.25) is 0 Å². The topological polar surface area (TPSA) is 47.3 Å². The van der Waals surface area contributed by atoms with E-state index in [-0.39, 0.29) is 6.61 Å². The van der Waals surface area contributed by atoms with Crippen LogP contribution in [0.5, 0.6) is 5.75 Å². The predicted octanol–water partition coefficient (Wildman–Crippen LogP) is 2.78. The lowest BCUT2D eigenvalue weighted by molar-refractivity contribution is 0.230. The van der Waals surface area contributed by atoms with Crippen LogP contribution in [0.3, 0.4) is 0 Å². The summed E-state index contributed by atoms with van der Waals surface area (Å²) in [6.45, 7) is 0.397. The van der Waals surface area contributed by atoms with Crippen molar-refractivity contribution in [3.8, 4) is 5.75 Å².